The number of nitrogens with one attached hydrogen (secondary N) is 2. The monoisotopic (exact) mass is 314 g/mol. The van der Waals surface area contributed by atoms with Crippen LogP contribution in [0, 0.1) is 17.3 Å². The first kappa shape index (κ1) is 16.5. The molecule has 120 valence electrons. The van der Waals surface area contributed by atoms with Crippen LogP contribution < -0.4 is 10.6 Å². The number of carbonyl (C=O) groups is 2. The fourth-order valence-corrected chi connectivity index (χ4v) is 4.64. The molecule has 6 heteroatoms. The molecule has 1 saturated carbocycles. The molecular formula is C15H26N2O3S. The number of hydrogen-bond donors (Lipinski definition) is 3. The van der Waals surface area contributed by atoms with E-state index in [-0.39, 0.29) is 35.4 Å². The summed E-state index contributed by atoms with van der Waals surface area (Å²) in [6.07, 6.45) is 2.39. The van der Waals surface area contributed by atoms with E-state index in [1.807, 2.05) is 32.5 Å². The van der Waals surface area contributed by atoms with Crippen LogP contribution in [0.4, 0.5) is 4.79 Å². The Kier molecular flexibility index (Phi) is 5.07. The average molecular weight is 314 g/mol. The minimum absolute atomic E-state index is 0.0460. The average Bonchev–Trinajstić information content (AvgIpc) is 2.87. The Morgan fingerprint density at radius 2 is 1.90 bits per heavy atom. The van der Waals surface area contributed by atoms with Crippen molar-refractivity contribution in [2.75, 3.05) is 11.5 Å². The zero-order valence-corrected chi connectivity index (χ0v) is 13.8. The summed E-state index contributed by atoms with van der Waals surface area (Å²) in [7, 11) is 0. The molecule has 21 heavy (non-hydrogen) atoms. The van der Waals surface area contributed by atoms with Gasteiger partial charge in [-0.3, -0.25) is 4.79 Å². The molecule has 4 atom stereocenters. The predicted octanol–water partition coefficient (Wildman–Crippen LogP) is 2.32. The van der Waals surface area contributed by atoms with Gasteiger partial charge < -0.3 is 15.7 Å². The van der Waals surface area contributed by atoms with Gasteiger partial charge in [0, 0.05) is 17.8 Å². The topological polar surface area (TPSA) is 78.4 Å². The Balaban J connectivity index is 1.92. The maximum absolute atomic E-state index is 12.1. The van der Waals surface area contributed by atoms with E-state index in [0.717, 1.165) is 24.3 Å². The first-order valence-corrected chi connectivity index (χ1v) is 8.85. The number of hydrogen-bond acceptors (Lipinski definition) is 3. The van der Waals surface area contributed by atoms with Crippen molar-refractivity contribution in [2.45, 2.75) is 52.1 Å². The lowest BCUT2D eigenvalue weighted by atomic mass is 9.61. The van der Waals surface area contributed by atoms with Gasteiger partial charge in [0.2, 0.25) is 0 Å². The van der Waals surface area contributed by atoms with Crippen molar-refractivity contribution in [3.8, 4) is 0 Å². The predicted molar refractivity (Wildman–Crippen MR) is 84.5 cm³/mol. The molecule has 2 fully saturated rings. The number of rotatable bonds is 3. The van der Waals surface area contributed by atoms with E-state index in [0.29, 0.717) is 6.42 Å². The van der Waals surface area contributed by atoms with Crippen molar-refractivity contribution in [2.24, 2.45) is 17.3 Å². The Morgan fingerprint density at radius 3 is 2.48 bits per heavy atom. The molecule has 0 aromatic rings. The number of carboxylic acids is 1. The first-order valence-electron chi connectivity index (χ1n) is 7.70. The number of carbonyl (C=O) groups excluding carboxylic acids is 1. The number of amides is 2. The Labute approximate surface area is 130 Å². The van der Waals surface area contributed by atoms with Gasteiger partial charge in [0.05, 0.1) is 5.92 Å². The molecule has 5 nitrogen and oxygen atoms in total. The summed E-state index contributed by atoms with van der Waals surface area (Å²) in [5.74, 6) is 1.17. The third-order valence-corrected chi connectivity index (χ3v) is 6.48. The first-order chi connectivity index (χ1) is 9.82. The van der Waals surface area contributed by atoms with Crippen LogP contribution >= 0.6 is 11.8 Å². The number of carboxylic acid groups (broad SMARTS) is 1. The minimum atomic E-state index is -0.724. The highest BCUT2D eigenvalue weighted by Crippen LogP contribution is 2.45. The van der Waals surface area contributed by atoms with Gasteiger partial charge >= 0.3 is 12.0 Å². The molecule has 1 aliphatic heterocycles. The van der Waals surface area contributed by atoms with Crippen LogP contribution in [0.2, 0.25) is 0 Å². The van der Waals surface area contributed by atoms with E-state index in [9.17, 15) is 14.7 Å². The van der Waals surface area contributed by atoms with Crippen molar-refractivity contribution in [3.05, 3.63) is 0 Å². The second-order valence-electron chi connectivity index (χ2n) is 6.86. The Bertz CT molecular complexity index is 408. The largest absolute Gasteiger partial charge is 0.481 e. The highest BCUT2D eigenvalue weighted by atomic mass is 32.2. The van der Waals surface area contributed by atoms with Crippen LogP contribution in [0.25, 0.3) is 0 Å². The van der Waals surface area contributed by atoms with Crippen LogP contribution in [0.15, 0.2) is 0 Å². The molecule has 2 rings (SSSR count). The van der Waals surface area contributed by atoms with E-state index in [1.54, 1.807) is 0 Å². The summed E-state index contributed by atoms with van der Waals surface area (Å²) in [5, 5.41) is 15.4. The maximum Gasteiger partial charge on any atom is 0.315 e. The third kappa shape index (κ3) is 3.65. The second-order valence-corrected chi connectivity index (χ2v) is 8.01. The van der Waals surface area contributed by atoms with Gasteiger partial charge in [0.15, 0.2) is 0 Å². The fraction of sp³-hybridized carbons (Fsp3) is 0.867. The molecule has 2 aliphatic rings. The minimum Gasteiger partial charge on any atom is -0.481 e. The molecule has 1 saturated heterocycles. The van der Waals surface area contributed by atoms with Crippen molar-refractivity contribution in [3.63, 3.8) is 0 Å². The normalized spacial score (nSPS) is 35.2. The van der Waals surface area contributed by atoms with Crippen molar-refractivity contribution < 1.29 is 14.7 Å². The standard InChI is InChI=1S/C15H26N2O3S/c1-9-12(5-4-11(13(18)19)15(9,2)3)17-14(20)16-10-6-7-21-8-10/h9-12H,4-8H2,1-3H3,(H,18,19)(H2,16,17,20). The molecule has 0 radical (unpaired) electrons. The summed E-state index contributed by atoms with van der Waals surface area (Å²) < 4.78 is 0. The molecule has 0 aromatic carbocycles. The van der Waals surface area contributed by atoms with Crippen LogP contribution in [0.5, 0.6) is 0 Å². The quantitative estimate of drug-likeness (QED) is 0.747. The van der Waals surface area contributed by atoms with E-state index in [1.165, 1.54) is 0 Å². The molecule has 3 N–H and O–H groups in total. The molecule has 1 heterocycles. The van der Waals surface area contributed by atoms with Gasteiger partial charge in [-0.1, -0.05) is 20.8 Å². The van der Waals surface area contributed by atoms with Crippen LogP contribution in [0.3, 0.4) is 0 Å². The maximum atomic E-state index is 12.1. The molecule has 0 aromatic heterocycles. The van der Waals surface area contributed by atoms with E-state index < -0.39 is 5.97 Å². The van der Waals surface area contributed by atoms with Gasteiger partial charge in [-0.15, -0.1) is 0 Å². The van der Waals surface area contributed by atoms with Crippen LogP contribution in [-0.2, 0) is 4.79 Å². The smallest absolute Gasteiger partial charge is 0.315 e. The van der Waals surface area contributed by atoms with Gasteiger partial charge in [-0.25, -0.2) is 4.79 Å². The summed E-state index contributed by atoms with van der Waals surface area (Å²) in [4.78, 5) is 23.5. The number of aliphatic carboxylic acids is 1. The lowest BCUT2D eigenvalue weighted by Gasteiger charge is -2.46. The lowest BCUT2D eigenvalue weighted by Crippen LogP contribution is -2.55. The molecule has 1 aliphatic carbocycles. The highest BCUT2D eigenvalue weighted by molar-refractivity contribution is 7.99. The lowest BCUT2D eigenvalue weighted by molar-refractivity contribution is -0.150. The van der Waals surface area contributed by atoms with Crippen LogP contribution in [-0.4, -0.2) is 40.7 Å². The summed E-state index contributed by atoms with van der Waals surface area (Å²) >= 11 is 1.87. The molecule has 0 bridgehead atoms. The zero-order chi connectivity index (χ0) is 15.6. The Hall–Kier alpha value is -0.910. The van der Waals surface area contributed by atoms with Gasteiger partial charge in [0.25, 0.3) is 0 Å². The number of urea groups is 1. The van der Waals surface area contributed by atoms with E-state index >= 15 is 0 Å². The summed E-state index contributed by atoms with van der Waals surface area (Å²) in [6.45, 7) is 6.04. The van der Waals surface area contributed by atoms with Gasteiger partial charge in [-0.05, 0) is 36.3 Å². The molecule has 2 amide bonds. The molecular weight excluding hydrogens is 288 g/mol. The third-order valence-electron chi connectivity index (χ3n) is 5.32. The summed E-state index contributed by atoms with van der Waals surface area (Å²) in [6, 6.07) is 0.210. The Morgan fingerprint density at radius 1 is 1.19 bits per heavy atom. The van der Waals surface area contributed by atoms with Crippen molar-refractivity contribution in [1.82, 2.24) is 10.6 Å². The van der Waals surface area contributed by atoms with Crippen LogP contribution in [0.1, 0.15) is 40.0 Å². The number of thioether (sulfide) groups is 1. The van der Waals surface area contributed by atoms with E-state index in [2.05, 4.69) is 10.6 Å². The van der Waals surface area contributed by atoms with E-state index in [4.69, 9.17) is 0 Å². The SMILES string of the molecule is CC1C(NC(=O)NC2CCSC2)CCC(C(=O)O)C1(C)C. The van der Waals surface area contributed by atoms with Gasteiger partial charge in [0.1, 0.15) is 0 Å². The molecule has 0 spiro atoms. The zero-order valence-electron chi connectivity index (χ0n) is 13.0. The van der Waals surface area contributed by atoms with Gasteiger partial charge in [-0.2, -0.15) is 11.8 Å². The molecule has 4 unspecified atom stereocenters. The fourth-order valence-electron chi connectivity index (χ4n) is 3.49. The highest BCUT2D eigenvalue weighted by Gasteiger charge is 2.46. The second kappa shape index (κ2) is 6.46. The summed E-state index contributed by atoms with van der Waals surface area (Å²) in [5.41, 5.74) is -0.314. The van der Waals surface area contributed by atoms with Crippen molar-refractivity contribution >= 4 is 23.8 Å². The van der Waals surface area contributed by atoms with Crippen molar-refractivity contribution in [1.29, 1.82) is 0 Å².